The highest BCUT2D eigenvalue weighted by Gasteiger charge is 1.91. The zero-order chi connectivity index (χ0) is 5.86. The molecule has 0 aliphatic rings. The van der Waals surface area contributed by atoms with E-state index in [1.165, 1.54) is 0 Å². The van der Waals surface area contributed by atoms with E-state index < -0.39 is 0 Å². The second-order valence-corrected chi connectivity index (χ2v) is 2.42. The van der Waals surface area contributed by atoms with Gasteiger partial charge in [-0.3, -0.25) is 0 Å². The van der Waals surface area contributed by atoms with Gasteiger partial charge in [-0.2, -0.15) is 0 Å². The molecule has 0 saturated heterocycles. The van der Waals surface area contributed by atoms with Gasteiger partial charge in [0.05, 0.1) is 0 Å². The largest absolute Gasteiger partial charge is 0.121 e. The average Bonchev–Trinajstić information content (AvgIpc) is 1.65. The molecule has 0 aromatic heterocycles. The van der Waals surface area contributed by atoms with Crippen LogP contribution in [0.25, 0.3) is 0 Å². The molecule has 0 aromatic carbocycles. The Bertz CT molecular complexity index is 80.9. The van der Waals surface area contributed by atoms with Crippen molar-refractivity contribution in [1.82, 2.24) is 0 Å². The number of allylic oxidation sites excluding steroid dienone is 1. The molecule has 0 aliphatic carbocycles. The number of hydrogen-bond donors (Lipinski definition) is 0. The SMILES string of the molecule is CCC(Cl)=C(Cl)Cl. The molecule has 3 heteroatoms. The molecule has 0 saturated carbocycles. The lowest BCUT2D eigenvalue weighted by Gasteiger charge is -1.86. The first-order chi connectivity index (χ1) is 3.18. The van der Waals surface area contributed by atoms with Crippen LogP contribution in [0.3, 0.4) is 0 Å². The zero-order valence-corrected chi connectivity index (χ0v) is 6.11. The summed E-state index contributed by atoms with van der Waals surface area (Å²) in [6.07, 6.45) is 0.698. The van der Waals surface area contributed by atoms with Gasteiger partial charge < -0.3 is 0 Å². The predicted octanol–water partition coefficient (Wildman–Crippen LogP) is 3.28. The van der Waals surface area contributed by atoms with Crippen LogP contribution < -0.4 is 0 Å². The van der Waals surface area contributed by atoms with Crippen molar-refractivity contribution in [2.24, 2.45) is 0 Å². The van der Waals surface area contributed by atoms with E-state index in [0.717, 1.165) is 0 Å². The zero-order valence-electron chi connectivity index (χ0n) is 3.84. The maximum absolute atomic E-state index is 5.42. The lowest BCUT2D eigenvalue weighted by molar-refractivity contribution is 1.20. The van der Waals surface area contributed by atoms with E-state index in [-0.39, 0.29) is 4.49 Å². The van der Waals surface area contributed by atoms with Gasteiger partial charge in [0, 0.05) is 5.03 Å². The van der Waals surface area contributed by atoms with Gasteiger partial charge in [0.15, 0.2) is 0 Å². The van der Waals surface area contributed by atoms with Crippen LogP contribution in [0.5, 0.6) is 0 Å². The lowest BCUT2D eigenvalue weighted by Crippen LogP contribution is -1.63. The molecule has 7 heavy (non-hydrogen) atoms. The van der Waals surface area contributed by atoms with Crippen LogP contribution in [0.2, 0.25) is 0 Å². The van der Waals surface area contributed by atoms with E-state index >= 15 is 0 Å². The summed E-state index contributed by atoms with van der Waals surface area (Å²) >= 11 is 15.9. The van der Waals surface area contributed by atoms with Crippen molar-refractivity contribution in [3.8, 4) is 0 Å². The highest BCUT2D eigenvalue weighted by Crippen LogP contribution is 2.19. The smallest absolute Gasteiger partial charge is 0.0866 e. The molecule has 0 heterocycles. The summed E-state index contributed by atoms with van der Waals surface area (Å²) in [6.45, 7) is 1.88. The first-order valence-corrected chi connectivity index (χ1v) is 3.01. The fourth-order valence-electron chi connectivity index (χ4n) is 0.134. The van der Waals surface area contributed by atoms with Crippen LogP contribution in [0.15, 0.2) is 9.52 Å². The predicted molar refractivity (Wildman–Crippen MR) is 34.9 cm³/mol. The second-order valence-electron chi connectivity index (χ2n) is 1.02. The molecule has 0 bridgehead atoms. The monoisotopic (exact) mass is 158 g/mol. The molecule has 0 radical (unpaired) electrons. The lowest BCUT2D eigenvalue weighted by atomic mass is 10.5. The van der Waals surface area contributed by atoms with Crippen molar-refractivity contribution in [1.29, 1.82) is 0 Å². The Morgan fingerprint density at radius 3 is 1.71 bits per heavy atom. The van der Waals surface area contributed by atoms with Crippen molar-refractivity contribution in [2.45, 2.75) is 13.3 Å². The molecule has 0 amide bonds. The summed E-state index contributed by atoms with van der Waals surface area (Å²) in [5, 5.41) is 0.517. The van der Waals surface area contributed by atoms with E-state index in [1.54, 1.807) is 0 Å². The molecule has 0 unspecified atom stereocenters. The van der Waals surface area contributed by atoms with Crippen LogP contribution in [-0.2, 0) is 0 Å². The minimum absolute atomic E-state index is 0.171. The Kier molecular flexibility index (Phi) is 3.91. The van der Waals surface area contributed by atoms with Crippen LogP contribution in [0, 0.1) is 0 Å². The van der Waals surface area contributed by atoms with E-state index in [1.807, 2.05) is 6.92 Å². The Morgan fingerprint density at radius 2 is 1.71 bits per heavy atom. The van der Waals surface area contributed by atoms with Gasteiger partial charge in [0.1, 0.15) is 4.49 Å². The summed E-state index contributed by atoms with van der Waals surface area (Å²) in [5.41, 5.74) is 0. The van der Waals surface area contributed by atoms with Crippen molar-refractivity contribution in [3.05, 3.63) is 9.52 Å². The molecule has 0 fully saturated rings. The van der Waals surface area contributed by atoms with E-state index in [4.69, 9.17) is 34.8 Å². The van der Waals surface area contributed by atoms with Crippen LogP contribution >= 0.6 is 34.8 Å². The summed E-state index contributed by atoms with van der Waals surface area (Å²) in [6, 6.07) is 0. The third kappa shape index (κ3) is 3.22. The topological polar surface area (TPSA) is 0 Å². The average molecular weight is 159 g/mol. The number of hydrogen-bond acceptors (Lipinski definition) is 0. The third-order valence-corrected chi connectivity index (χ3v) is 1.62. The summed E-state index contributed by atoms with van der Waals surface area (Å²) in [7, 11) is 0. The van der Waals surface area contributed by atoms with Crippen molar-refractivity contribution < 1.29 is 0 Å². The molecule has 0 N–H and O–H groups in total. The molecule has 0 nitrogen and oxygen atoms in total. The van der Waals surface area contributed by atoms with Gasteiger partial charge in [0.2, 0.25) is 0 Å². The van der Waals surface area contributed by atoms with Gasteiger partial charge in [-0.15, -0.1) is 0 Å². The minimum Gasteiger partial charge on any atom is -0.0866 e. The highest BCUT2D eigenvalue weighted by molar-refractivity contribution is 6.59. The summed E-state index contributed by atoms with van der Waals surface area (Å²) in [4.78, 5) is 0. The second kappa shape index (κ2) is 3.59. The Hall–Kier alpha value is 0.610. The maximum atomic E-state index is 5.42. The fraction of sp³-hybridized carbons (Fsp3) is 0.500. The first kappa shape index (κ1) is 7.61. The van der Waals surface area contributed by atoms with Crippen molar-refractivity contribution in [3.63, 3.8) is 0 Å². The highest BCUT2D eigenvalue weighted by atomic mass is 35.5. The van der Waals surface area contributed by atoms with Gasteiger partial charge in [-0.1, -0.05) is 41.7 Å². The summed E-state index contributed by atoms with van der Waals surface area (Å²) in [5.74, 6) is 0. The minimum atomic E-state index is 0.171. The third-order valence-electron chi connectivity index (χ3n) is 0.515. The molecule has 0 aromatic rings. The standard InChI is InChI=1S/C4H5Cl3/c1-2-3(5)4(6)7/h2H2,1H3. The number of halogens is 3. The van der Waals surface area contributed by atoms with E-state index in [9.17, 15) is 0 Å². The van der Waals surface area contributed by atoms with Gasteiger partial charge in [-0.05, 0) is 6.42 Å². The molecule has 42 valence electrons. The number of rotatable bonds is 1. The first-order valence-electron chi connectivity index (χ1n) is 1.88. The van der Waals surface area contributed by atoms with Gasteiger partial charge >= 0.3 is 0 Å². The Labute approximate surface area is 58.1 Å². The van der Waals surface area contributed by atoms with Crippen LogP contribution in [-0.4, -0.2) is 0 Å². The molecule has 0 atom stereocenters. The Balaban J connectivity index is 3.72. The van der Waals surface area contributed by atoms with Crippen molar-refractivity contribution >= 4 is 34.8 Å². The maximum Gasteiger partial charge on any atom is 0.121 e. The van der Waals surface area contributed by atoms with Gasteiger partial charge in [0.25, 0.3) is 0 Å². The van der Waals surface area contributed by atoms with Gasteiger partial charge in [-0.25, -0.2) is 0 Å². The molecule has 0 rings (SSSR count). The van der Waals surface area contributed by atoms with E-state index in [0.29, 0.717) is 11.5 Å². The van der Waals surface area contributed by atoms with Crippen LogP contribution in [0.4, 0.5) is 0 Å². The van der Waals surface area contributed by atoms with E-state index in [2.05, 4.69) is 0 Å². The molecule has 0 spiro atoms. The van der Waals surface area contributed by atoms with Crippen LogP contribution in [0.1, 0.15) is 13.3 Å². The van der Waals surface area contributed by atoms with Crippen molar-refractivity contribution in [2.75, 3.05) is 0 Å². The molecule has 0 aliphatic heterocycles. The quantitative estimate of drug-likeness (QED) is 0.551. The summed E-state index contributed by atoms with van der Waals surface area (Å²) < 4.78 is 0.171. The Morgan fingerprint density at radius 1 is 1.29 bits per heavy atom. The normalized spacial score (nSPS) is 8.57. The molecular formula is C4H5Cl3. The molecular weight excluding hydrogens is 154 g/mol. The fourth-order valence-corrected chi connectivity index (χ4v) is 0.401.